The Bertz CT molecular complexity index is 408. The molecule has 0 unspecified atom stereocenters. The third-order valence-electron chi connectivity index (χ3n) is 4.86. The highest BCUT2D eigenvalue weighted by atomic mass is 16.5. The number of hydrogen-bond donors (Lipinski definition) is 0. The molecule has 0 N–H and O–H groups in total. The number of amides is 3. The Morgan fingerprint density at radius 1 is 1.10 bits per heavy atom. The van der Waals surface area contributed by atoms with Crippen LogP contribution in [0.5, 0.6) is 0 Å². The predicted octanol–water partition coefficient (Wildman–Crippen LogP) is 0.383. The average molecular weight is 281 g/mol. The molecule has 1 atom stereocenters. The van der Waals surface area contributed by atoms with Crippen LogP contribution in [-0.2, 0) is 9.53 Å². The van der Waals surface area contributed by atoms with Gasteiger partial charge in [-0.15, -0.1) is 0 Å². The van der Waals surface area contributed by atoms with E-state index in [4.69, 9.17) is 4.74 Å². The van der Waals surface area contributed by atoms with Gasteiger partial charge in [-0.05, 0) is 19.3 Å². The molecule has 6 nitrogen and oxygen atoms in total. The van der Waals surface area contributed by atoms with E-state index in [1.807, 2.05) is 21.7 Å². The van der Waals surface area contributed by atoms with Crippen LogP contribution in [0.15, 0.2) is 0 Å². The van der Waals surface area contributed by atoms with Crippen LogP contribution in [0.2, 0.25) is 0 Å². The Labute approximate surface area is 119 Å². The summed E-state index contributed by atoms with van der Waals surface area (Å²) in [5.74, 6) is 0.223. The molecule has 0 aromatic carbocycles. The number of likely N-dealkylation sites (tertiary alicyclic amines) is 2. The van der Waals surface area contributed by atoms with Gasteiger partial charge in [-0.1, -0.05) is 0 Å². The van der Waals surface area contributed by atoms with Crippen molar-refractivity contribution in [3.05, 3.63) is 0 Å². The van der Waals surface area contributed by atoms with E-state index in [1.54, 1.807) is 0 Å². The first-order valence-corrected chi connectivity index (χ1v) is 7.50. The van der Waals surface area contributed by atoms with Gasteiger partial charge in [0, 0.05) is 39.8 Å². The topological polar surface area (TPSA) is 53.1 Å². The minimum absolute atomic E-state index is 0.0752. The van der Waals surface area contributed by atoms with E-state index in [2.05, 4.69) is 0 Å². The van der Waals surface area contributed by atoms with Crippen molar-refractivity contribution < 1.29 is 14.3 Å². The van der Waals surface area contributed by atoms with Gasteiger partial charge in [0.2, 0.25) is 5.91 Å². The first-order chi connectivity index (χ1) is 9.62. The SMILES string of the molecule is CN1CCC[C@@]2(CCN(C(=O)N3CCOCC3)C2)C1=O. The Morgan fingerprint density at radius 2 is 1.85 bits per heavy atom. The van der Waals surface area contributed by atoms with Crippen molar-refractivity contribution in [1.82, 2.24) is 14.7 Å². The number of hydrogen-bond acceptors (Lipinski definition) is 3. The van der Waals surface area contributed by atoms with Crippen LogP contribution in [0.4, 0.5) is 4.79 Å². The number of ether oxygens (including phenoxy) is 1. The molecule has 1 spiro atoms. The summed E-state index contributed by atoms with van der Waals surface area (Å²) in [4.78, 5) is 30.5. The van der Waals surface area contributed by atoms with Crippen LogP contribution in [0.1, 0.15) is 19.3 Å². The first-order valence-electron chi connectivity index (χ1n) is 7.50. The average Bonchev–Trinajstić information content (AvgIpc) is 2.90. The quantitative estimate of drug-likeness (QED) is 0.645. The zero-order chi connectivity index (χ0) is 14.2. The maximum absolute atomic E-state index is 12.5. The third kappa shape index (κ3) is 2.26. The zero-order valence-corrected chi connectivity index (χ0v) is 12.1. The van der Waals surface area contributed by atoms with Crippen LogP contribution in [0, 0.1) is 5.41 Å². The van der Waals surface area contributed by atoms with Gasteiger partial charge in [-0.3, -0.25) is 4.79 Å². The number of morpholine rings is 1. The minimum Gasteiger partial charge on any atom is -0.378 e. The predicted molar refractivity (Wildman–Crippen MR) is 73.3 cm³/mol. The molecule has 112 valence electrons. The zero-order valence-electron chi connectivity index (χ0n) is 12.1. The molecule has 0 aromatic heterocycles. The molecular weight excluding hydrogens is 258 g/mol. The summed E-state index contributed by atoms with van der Waals surface area (Å²) in [5, 5.41) is 0. The Kier molecular flexibility index (Phi) is 3.58. The summed E-state index contributed by atoms with van der Waals surface area (Å²) < 4.78 is 5.28. The molecule has 3 amide bonds. The third-order valence-corrected chi connectivity index (χ3v) is 4.86. The highest BCUT2D eigenvalue weighted by molar-refractivity contribution is 5.85. The van der Waals surface area contributed by atoms with Gasteiger partial charge < -0.3 is 19.4 Å². The summed E-state index contributed by atoms with van der Waals surface area (Å²) in [6.45, 7) is 4.70. The lowest BCUT2D eigenvalue weighted by atomic mass is 9.78. The van der Waals surface area contributed by atoms with E-state index >= 15 is 0 Å². The molecule has 3 fully saturated rings. The number of carbonyl (C=O) groups excluding carboxylic acids is 2. The Morgan fingerprint density at radius 3 is 2.60 bits per heavy atom. The first kappa shape index (κ1) is 13.7. The number of carbonyl (C=O) groups is 2. The fourth-order valence-electron chi connectivity index (χ4n) is 3.64. The second-order valence-electron chi connectivity index (χ2n) is 6.16. The standard InChI is InChI=1S/C14H23N3O3/c1-15-5-2-3-14(12(15)18)4-6-17(11-14)13(19)16-7-9-20-10-8-16/h2-11H2,1H3/t14-/m0/s1. The molecule has 3 aliphatic heterocycles. The molecule has 0 aromatic rings. The fraction of sp³-hybridized carbons (Fsp3) is 0.857. The smallest absolute Gasteiger partial charge is 0.320 e. The maximum Gasteiger partial charge on any atom is 0.320 e. The van der Waals surface area contributed by atoms with Gasteiger partial charge in [-0.25, -0.2) is 4.79 Å². The summed E-state index contributed by atoms with van der Waals surface area (Å²) in [7, 11) is 1.87. The lowest BCUT2D eigenvalue weighted by Gasteiger charge is -2.38. The highest BCUT2D eigenvalue weighted by Crippen LogP contribution is 2.39. The van der Waals surface area contributed by atoms with Gasteiger partial charge >= 0.3 is 6.03 Å². The van der Waals surface area contributed by atoms with Gasteiger partial charge in [0.05, 0.1) is 18.6 Å². The molecule has 3 saturated heterocycles. The van der Waals surface area contributed by atoms with Crippen molar-refractivity contribution >= 4 is 11.9 Å². The van der Waals surface area contributed by atoms with Gasteiger partial charge in [-0.2, -0.15) is 0 Å². The molecule has 3 rings (SSSR count). The second-order valence-corrected chi connectivity index (χ2v) is 6.16. The Hall–Kier alpha value is -1.30. The van der Waals surface area contributed by atoms with Crippen LogP contribution < -0.4 is 0 Å². The molecular formula is C14H23N3O3. The molecule has 3 aliphatic rings. The van der Waals surface area contributed by atoms with Gasteiger partial charge in [0.1, 0.15) is 0 Å². The number of rotatable bonds is 0. The fourth-order valence-corrected chi connectivity index (χ4v) is 3.64. The van der Waals surface area contributed by atoms with Crippen molar-refractivity contribution in [3.8, 4) is 0 Å². The molecule has 0 radical (unpaired) electrons. The lowest BCUT2D eigenvalue weighted by molar-refractivity contribution is -0.143. The van der Waals surface area contributed by atoms with E-state index in [9.17, 15) is 9.59 Å². The molecule has 20 heavy (non-hydrogen) atoms. The van der Waals surface area contributed by atoms with E-state index < -0.39 is 0 Å². The van der Waals surface area contributed by atoms with Crippen molar-refractivity contribution in [2.45, 2.75) is 19.3 Å². The van der Waals surface area contributed by atoms with Crippen molar-refractivity contribution in [1.29, 1.82) is 0 Å². The number of urea groups is 1. The van der Waals surface area contributed by atoms with Crippen LogP contribution in [0.3, 0.4) is 0 Å². The second kappa shape index (κ2) is 5.24. The summed E-state index contributed by atoms with van der Waals surface area (Å²) in [6, 6.07) is 0.0752. The Balaban J connectivity index is 1.66. The number of nitrogens with zero attached hydrogens (tertiary/aromatic N) is 3. The van der Waals surface area contributed by atoms with E-state index in [0.29, 0.717) is 39.4 Å². The van der Waals surface area contributed by atoms with Gasteiger partial charge in [0.15, 0.2) is 0 Å². The summed E-state index contributed by atoms with van der Waals surface area (Å²) >= 11 is 0. The molecule has 0 bridgehead atoms. The normalized spacial score (nSPS) is 31.2. The van der Waals surface area contributed by atoms with E-state index in [1.165, 1.54) is 0 Å². The van der Waals surface area contributed by atoms with E-state index in [0.717, 1.165) is 25.8 Å². The maximum atomic E-state index is 12.5. The molecule has 6 heteroatoms. The van der Waals surface area contributed by atoms with Crippen LogP contribution in [0.25, 0.3) is 0 Å². The van der Waals surface area contributed by atoms with E-state index in [-0.39, 0.29) is 17.4 Å². The number of piperidine rings is 1. The van der Waals surface area contributed by atoms with Crippen molar-refractivity contribution in [2.75, 3.05) is 53.0 Å². The highest BCUT2D eigenvalue weighted by Gasteiger charge is 2.49. The molecule has 3 heterocycles. The summed E-state index contributed by atoms with van der Waals surface area (Å²) in [5.41, 5.74) is -0.311. The largest absolute Gasteiger partial charge is 0.378 e. The van der Waals surface area contributed by atoms with Crippen LogP contribution in [-0.4, -0.2) is 79.6 Å². The molecule has 0 aliphatic carbocycles. The minimum atomic E-state index is -0.311. The lowest BCUT2D eigenvalue weighted by Crippen LogP contribution is -2.51. The van der Waals surface area contributed by atoms with Crippen LogP contribution >= 0.6 is 0 Å². The monoisotopic (exact) mass is 281 g/mol. The van der Waals surface area contributed by atoms with Crippen molar-refractivity contribution in [3.63, 3.8) is 0 Å². The van der Waals surface area contributed by atoms with Crippen molar-refractivity contribution in [2.24, 2.45) is 5.41 Å². The van der Waals surface area contributed by atoms with Gasteiger partial charge in [0.25, 0.3) is 0 Å². The molecule has 0 saturated carbocycles. The summed E-state index contributed by atoms with van der Waals surface area (Å²) in [6.07, 6.45) is 2.77.